The van der Waals surface area contributed by atoms with Crippen molar-refractivity contribution >= 4 is 40.7 Å². The molecule has 0 N–H and O–H groups in total. The number of halogens is 2. The first-order valence-electron chi connectivity index (χ1n) is 8.32. The number of anilines is 1. The molecule has 6 nitrogen and oxygen atoms in total. The van der Waals surface area contributed by atoms with Gasteiger partial charge in [-0.15, -0.1) is 0 Å². The zero-order valence-corrected chi connectivity index (χ0v) is 15.1. The van der Waals surface area contributed by atoms with E-state index in [2.05, 4.69) is 0 Å². The van der Waals surface area contributed by atoms with Crippen LogP contribution in [0.2, 0.25) is 10.0 Å². The first kappa shape index (κ1) is 17.2. The molecule has 3 fully saturated rings. The number of nitrogens with zero attached hydrogens (tertiary/aromatic N) is 2. The number of carbonyl (C=O) groups is 2. The third kappa shape index (κ3) is 3.17. The average molecular weight is 385 g/mol. The Morgan fingerprint density at radius 3 is 2.20 bits per heavy atom. The minimum absolute atomic E-state index is 0.164. The van der Waals surface area contributed by atoms with Gasteiger partial charge in [-0.1, -0.05) is 23.2 Å². The van der Waals surface area contributed by atoms with Crippen molar-refractivity contribution in [3.8, 4) is 0 Å². The maximum Gasteiger partial charge on any atom is 0.251 e. The van der Waals surface area contributed by atoms with E-state index >= 15 is 0 Å². The lowest BCUT2D eigenvalue weighted by Crippen LogP contribution is -2.51. The molecular formula is C17H18Cl2N2O4. The predicted octanol–water partition coefficient (Wildman–Crippen LogP) is 2.46. The van der Waals surface area contributed by atoms with Gasteiger partial charge in [0.1, 0.15) is 0 Å². The van der Waals surface area contributed by atoms with Crippen molar-refractivity contribution < 1.29 is 19.1 Å². The number of hydrogen-bond donors (Lipinski definition) is 0. The second-order valence-electron chi connectivity index (χ2n) is 6.56. The van der Waals surface area contributed by atoms with Gasteiger partial charge in [0.25, 0.3) is 5.91 Å². The van der Waals surface area contributed by atoms with Crippen LogP contribution in [0.3, 0.4) is 0 Å². The molecule has 1 spiro atoms. The number of likely N-dealkylation sites (tertiary alicyclic amines) is 1. The van der Waals surface area contributed by atoms with E-state index in [9.17, 15) is 9.59 Å². The van der Waals surface area contributed by atoms with E-state index < -0.39 is 11.8 Å². The molecule has 2 amide bonds. The van der Waals surface area contributed by atoms with Crippen molar-refractivity contribution in [2.24, 2.45) is 0 Å². The van der Waals surface area contributed by atoms with Gasteiger partial charge in [0, 0.05) is 36.0 Å². The first-order chi connectivity index (χ1) is 12.0. The van der Waals surface area contributed by atoms with E-state index in [1.807, 2.05) is 4.90 Å². The average Bonchev–Trinajstić information content (AvgIpc) is 3.12. The number of imide groups is 1. The lowest BCUT2D eigenvalue weighted by molar-refractivity contribution is -0.188. The van der Waals surface area contributed by atoms with Crippen LogP contribution in [0, 0.1) is 0 Å². The summed E-state index contributed by atoms with van der Waals surface area (Å²) in [5, 5.41) is 0.781. The molecule has 1 unspecified atom stereocenters. The van der Waals surface area contributed by atoms with Crippen LogP contribution in [0.15, 0.2) is 18.2 Å². The molecule has 8 heteroatoms. The second-order valence-corrected chi connectivity index (χ2v) is 7.43. The van der Waals surface area contributed by atoms with Gasteiger partial charge in [-0.3, -0.25) is 14.5 Å². The third-order valence-corrected chi connectivity index (χ3v) is 5.48. The van der Waals surface area contributed by atoms with E-state index in [0.717, 1.165) is 0 Å². The molecule has 3 aliphatic rings. The summed E-state index contributed by atoms with van der Waals surface area (Å²) in [6, 6.07) is 4.28. The van der Waals surface area contributed by atoms with Gasteiger partial charge >= 0.3 is 0 Å². The summed E-state index contributed by atoms with van der Waals surface area (Å²) in [7, 11) is 0. The zero-order valence-electron chi connectivity index (χ0n) is 13.5. The Morgan fingerprint density at radius 1 is 1.00 bits per heavy atom. The van der Waals surface area contributed by atoms with Gasteiger partial charge in [-0.2, -0.15) is 0 Å². The highest BCUT2D eigenvalue weighted by molar-refractivity contribution is 6.35. The number of benzene rings is 1. The van der Waals surface area contributed by atoms with Crippen molar-refractivity contribution in [1.82, 2.24) is 4.90 Å². The van der Waals surface area contributed by atoms with Crippen LogP contribution in [-0.4, -0.2) is 54.8 Å². The second kappa shape index (κ2) is 6.52. The molecule has 1 aromatic rings. The molecule has 25 heavy (non-hydrogen) atoms. The molecule has 0 saturated carbocycles. The van der Waals surface area contributed by atoms with Gasteiger partial charge in [0.15, 0.2) is 5.79 Å². The summed E-state index contributed by atoms with van der Waals surface area (Å²) >= 11 is 12.0. The highest BCUT2D eigenvalue weighted by Gasteiger charge is 2.47. The van der Waals surface area contributed by atoms with E-state index in [1.165, 1.54) is 4.90 Å². The van der Waals surface area contributed by atoms with Crippen LogP contribution >= 0.6 is 23.2 Å². The lowest BCUT2D eigenvalue weighted by Gasteiger charge is -2.39. The molecule has 0 aliphatic carbocycles. The Labute approximate surface area is 155 Å². The van der Waals surface area contributed by atoms with Crippen molar-refractivity contribution in [1.29, 1.82) is 0 Å². The lowest BCUT2D eigenvalue weighted by atomic mass is 10.0. The summed E-state index contributed by atoms with van der Waals surface area (Å²) < 4.78 is 11.4. The fourth-order valence-corrected chi connectivity index (χ4v) is 4.32. The van der Waals surface area contributed by atoms with Crippen molar-refractivity contribution in [3.63, 3.8) is 0 Å². The highest BCUT2D eigenvalue weighted by Crippen LogP contribution is 2.35. The molecule has 4 rings (SSSR count). The SMILES string of the molecule is O=C1CC(N2CCC3(CC2)OCCO3)C(=O)N1c1cc(Cl)cc(Cl)c1. The fourth-order valence-electron chi connectivity index (χ4n) is 3.80. The highest BCUT2D eigenvalue weighted by atomic mass is 35.5. The Hall–Kier alpha value is -1.18. The van der Waals surface area contributed by atoms with Crippen LogP contribution in [0.25, 0.3) is 0 Å². The smallest absolute Gasteiger partial charge is 0.251 e. The van der Waals surface area contributed by atoms with Crippen molar-refractivity contribution in [3.05, 3.63) is 28.2 Å². The van der Waals surface area contributed by atoms with Crippen molar-refractivity contribution in [2.45, 2.75) is 31.1 Å². The van der Waals surface area contributed by atoms with Gasteiger partial charge < -0.3 is 9.47 Å². The number of rotatable bonds is 2. The standard InChI is InChI=1S/C17H18Cl2N2O4/c18-11-7-12(19)9-13(8-11)21-15(22)10-14(16(21)23)20-3-1-17(2-4-20)24-5-6-25-17/h7-9,14H,1-6,10H2. The van der Waals surface area contributed by atoms with Crippen LogP contribution in [0.4, 0.5) is 5.69 Å². The molecule has 0 radical (unpaired) electrons. The van der Waals surface area contributed by atoms with Crippen LogP contribution in [-0.2, 0) is 19.1 Å². The molecule has 1 aromatic carbocycles. The monoisotopic (exact) mass is 384 g/mol. The largest absolute Gasteiger partial charge is 0.347 e. The molecule has 0 bridgehead atoms. The molecule has 3 aliphatic heterocycles. The normalized spacial score (nSPS) is 26.8. The zero-order chi connectivity index (χ0) is 17.6. The topological polar surface area (TPSA) is 59.1 Å². The van der Waals surface area contributed by atoms with Crippen LogP contribution < -0.4 is 4.90 Å². The molecule has 134 valence electrons. The molecule has 1 atom stereocenters. The summed E-state index contributed by atoms with van der Waals surface area (Å²) in [6.45, 7) is 2.55. The molecule has 3 saturated heterocycles. The minimum Gasteiger partial charge on any atom is -0.347 e. The van der Waals surface area contributed by atoms with Gasteiger partial charge in [0.2, 0.25) is 5.91 Å². The Bertz CT molecular complexity index is 690. The van der Waals surface area contributed by atoms with E-state index in [1.54, 1.807) is 18.2 Å². The quantitative estimate of drug-likeness (QED) is 0.733. The number of ether oxygens (including phenoxy) is 2. The van der Waals surface area contributed by atoms with Gasteiger partial charge in [0.05, 0.1) is 31.4 Å². The minimum atomic E-state index is -0.498. The summed E-state index contributed by atoms with van der Waals surface area (Å²) in [5.74, 6) is -0.961. The number of amides is 2. The maximum absolute atomic E-state index is 12.9. The summed E-state index contributed by atoms with van der Waals surface area (Å²) in [5.41, 5.74) is 0.422. The van der Waals surface area contributed by atoms with Crippen molar-refractivity contribution in [2.75, 3.05) is 31.2 Å². The maximum atomic E-state index is 12.9. The number of piperidine rings is 1. The molecular weight excluding hydrogens is 367 g/mol. The van der Waals surface area contributed by atoms with Crippen LogP contribution in [0.5, 0.6) is 0 Å². The van der Waals surface area contributed by atoms with Gasteiger partial charge in [-0.25, -0.2) is 4.90 Å². The Kier molecular flexibility index (Phi) is 4.50. The van der Waals surface area contributed by atoms with E-state index in [0.29, 0.717) is 54.9 Å². The van der Waals surface area contributed by atoms with Gasteiger partial charge in [-0.05, 0) is 18.2 Å². The molecule has 3 heterocycles. The summed E-state index contributed by atoms with van der Waals surface area (Å²) in [4.78, 5) is 28.6. The first-order valence-corrected chi connectivity index (χ1v) is 9.08. The summed E-state index contributed by atoms with van der Waals surface area (Å²) in [6.07, 6.45) is 1.57. The molecule has 0 aromatic heterocycles. The predicted molar refractivity (Wildman–Crippen MR) is 92.8 cm³/mol. The number of hydrogen-bond acceptors (Lipinski definition) is 5. The Balaban J connectivity index is 1.50. The number of carbonyl (C=O) groups excluding carboxylic acids is 2. The van der Waals surface area contributed by atoms with E-state index in [4.69, 9.17) is 32.7 Å². The van der Waals surface area contributed by atoms with E-state index in [-0.39, 0.29) is 18.2 Å². The Morgan fingerprint density at radius 2 is 1.60 bits per heavy atom. The fraction of sp³-hybridized carbons (Fsp3) is 0.529. The third-order valence-electron chi connectivity index (χ3n) is 5.04. The van der Waals surface area contributed by atoms with Crippen LogP contribution in [0.1, 0.15) is 19.3 Å².